The van der Waals surface area contributed by atoms with Gasteiger partial charge in [0.2, 0.25) is 0 Å². The normalized spacial score (nSPS) is 19.6. The molecule has 0 bridgehead atoms. The van der Waals surface area contributed by atoms with Crippen LogP contribution in [0.4, 0.5) is 0 Å². The van der Waals surface area contributed by atoms with E-state index in [1.807, 2.05) is 7.05 Å². The van der Waals surface area contributed by atoms with Crippen LogP contribution in [0.2, 0.25) is 0 Å². The van der Waals surface area contributed by atoms with E-state index in [0.29, 0.717) is 5.92 Å². The number of likely N-dealkylation sites (N-methyl/N-ethyl adjacent to an activating group) is 1. The molecule has 2 atom stereocenters. The maximum absolute atomic E-state index is 6.39. The van der Waals surface area contributed by atoms with Crippen molar-refractivity contribution < 1.29 is 4.74 Å². The maximum Gasteiger partial charge on any atom is 0.0792 e. The van der Waals surface area contributed by atoms with E-state index in [9.17, 15) is 0 Å². The van der Waals surface area contributed by atoms with Crippen LogP contribution in [-0.4, -0.2) is 19.8 Å². The first kappa shape index (κ1) is 16.5. The second kappa shape index (κ2) is 8.55. The van der Waals surface area contributed by atoms with Gasteiger partial charge in [0.05, 0.1) is 12.1 Å². The second-order valence-electron chi connectivity index (χ2n) is 6.72. The predicted octanol–water partition coefficient (Wildman–Crippen LogP) is 4.57. The zero-order chi connectivity index (χ0) is 15.1. The van der Waals surface area contributed by atoms with Gasteiger partial charge in [0, 0.05) is 6.61 Å². The Morgan fingerprint density at radius 3 is 2.33 bits per heavy atom. The van der Waals surface area contributed by atoms with Gasteiger partial charge in [-0.3, -0.25) is 0 Å². The van der Waals surface area contributed by atoms with Crippen LogP contribution in [0.3, 0.4) is 0 Å². The van der Waals surface area contributed by atoms with Crippen molar-refractivity contribution in [2.75, 3.05) is 13.7 Å². The lowest BCUT2D eigenvalue weighted by atomic mass is 9.89. The molecule has 1 aliphatic carbocycles. The van der Waals surface area contributed by atoms with Gasteiger partial charge in [-0.05, 0) is 37.3 Å². The molecule has 2 heteroatoms. The summed E-state index contributed by atoms with van der Waals surface area (Å²) in [6.07, 6.45) is 7.11. The smallest absolute Gasteiger partial charge is 0.0792 e. The number of nitrogens with one attached hydrogen (secondary N) is 1. The molecule has 0 spiro atoms. The average Bonchev–Trinajstić information content (AvgIpc) is 2.53. The summed E-state index contributed by atoms with van der Waals surface area (Å²) < 4.78 is 6.39. The third-order valence-corrected chi connectivity index (χ3v) is 4.70. The van der Waals surface area contributed by atoms with Crippen molar-refractivity contribution in [3.8, 4) is 0 Å². The fraction of sp³-hybridized carbons (Fsp3) is 0.684. The standard InChI is InChI=1S/C19H31NO/c1-15(2)19(21-14-16-10-6-4-7-11-16)18(20-3)17-12-8-5-9-13-17/h5,8-9,12-13,15-16,18-20H,4,6-7,10-11,14H2,1-3H3. The molecular formula is C19H31NO. The minimum atomic E-state index is 0.235. The molecule has 1 aromatic rings. The molecule has 2 rings (SSSR count). The maximum atomic E-state index is 6.39. The van der Waals surface area contributed by atoms with E-state index >= 15 is 0 Å². The molecule has 1 aliphatic rings. The Kier molecular flexibility index (Phi) is 6.72. The molecular weight excluding hydrogens is 258 g/mol. The number of hydrogen-bond acceptors (Lipinski definition) is 2. The molecule has 0 aliphatic heterocycles. The Bertz CT molecular complexity index is 384. The highest BCUT2D eigenvalue weighted by atomic mass is 16.5. The fourth-order valence-electron chi connectivity index (χ4n) is 3.46. The quantitative estimate of drug-likeness (QED) is 0.794. The Balaban J connectivity index is 1.99. The Morgan fingerprint density at radius 2 is 1.76 bits per heavy atom. The molecule has 2 unspecified atom stereocenters. The first-order chi connectivity index (χ1) is 10.2. The zero-order valence-corrected chi connectivity index (χ0v) is 13.8. The van der Waals surface area contributed by atoms with Gasteiger partial charge in [-0.2, -0.15) is 0 Å². The summed E-state index contributed by atoms with van der Waals surface area (Å²) >= 11 is 0. The van der Waals surface area contributed by atoms with Crippen molar-refractivity contribution in [3.05, 3.63) is 35.9 Å². The SMILES string of the molecule is CNC(c1ccccc1)C(OCC1CCCCC1)C(C)C. The van der Waals surface area contributed by atoms with Crippen molar-refractivity contribution in [3.63, 3.8) is 0 Å². The summed E-state index contributed by atoms with van der Waals surface area (Å²) in [5.41, 5.74) is 1.32. The summed E-state index contributed by atoms with van der Waals surface area (Å²) in [4.78, 5) is 0. The number of benzene rings is 1. The third-order valence-electron chi connectivity index (χ3n) is 4.70. The third kappa shape index (κ3) is 4.82. The van der Waals surface area contributed by atoms with Gasteiger partial charge in [-0.15, -0.1) is 0 Å². The zero-order valence-electron chi connectivity index (χ0n) is 13.8. The van der Waals surface area contributed by atoms with E-state index in [-0.39, 0.29) is 12.1 Å². The molecule has 1 saturated carbocycles. The first-order valence-electron chi connectivity index (χ1n) is 8.56. The predicted molar refractivity (Wildman–Crippen MR) is 89.4 cm³/mol. The van der Waals surface area contributed by atoms with Gasteiger partial charge in [0.15, 0.2) is 0 Å². The van der Waals surface area contributed by atoms with Gasteiger partial charge < -0.3 is 10.1 Å². The molecule has 118 valence electrons. The number of rotatable bonds is 7. The molecule has 2 nitrogen and oxygen atoms in total. The van der Waals surface area contributed by atoms with E-state index in [0.717, 1.165) is 12.5 Å². The molecule has 1 aromatic carbocycles. The van der Waals surface area contributed by atoms with Gasteiger partial charge >= 0.3 is 0 Å². The fourth-order valence-corrected chi connectivity index (χ4v) is 3.46. The van der Waals surface area contributed by atoms with Crippen LogP contribution in [0.25, 0.3) is 0 Å². The van der Waals surface area contributed by atoms with Gasteiger partial charge in [0.1, 0.15) is 0 Å². The van der Waals surface area contributed by atoms with E-state index in [1.165, 1.54) is 37.7 Å². The van der Waals surface area contributed by atoms with Crippen LogP contribution in [-0.2, 0) is 4.74 Å². The second-order valence-corrected chi connectivity index (χ2v) is 6.72. The molecule has 21 heavy (non-hydrogen) atoms. The highest BCUT2D eigenvalue weighted by Crippen LogP contribution is 2.28. The van der Waals surface area contributed by atoms with Crippen LogP contribution >= 0.6 is 0 Å². The largest absolute Gasteiger partial charge is 0.376 e. The van der Waals surface area contributed by atoms with E-state index < -0.39 is 0 Å². The van der Waals surface area contributed by atoms with Crippen LogP contribution in [0.15, 0.2) is 30.3 Å². The van der Waals surface area contributed by atoms with Crippen molar-refractivity contribution in [1.82, 2.24) is 5.32 Å². The van der Waals surface area contributed by atoms with E-state index in [2.05, 4.69) is 49.5 Å². The van der Waals surface area contributed by atoms with Crippen molar-refractivity contribution in [1.29, 1.82) is 0 Å². The summed E-state index contributed by atoms with van der Waals surface area (Å²) in [6.45, 7) is 5.45. The summed E-state index contributed by atoms with van der Waals surface area (Å²) in [6, 6.07) is 11.0. The van der Waals surface area contributed by atoms with Crippen molar-refractivity contribution in [2.45, 2.75) is 58.1 Å². The summed E-state index contributed by atoms with van der Waals surface area (Å²) in [5, 5.41) is 3.46. The number of ether oxygens (including phenoxy) is 1. The van der Waals surface area contributed by atoms with Crippen molar-refractivity contribution >= 4 is 0 Å². The summed E-state index contributed by atoms with van der Waals surface area (Å²) in [7, 11) is 2.04. The lowest BCUT2D eigenvalue weighted by Crippen LogP contribution is -2.36. The molecule has 0 amide bonds. The molecule has 0 radical (unpaired) electrons. The summed E-state index contributed by atoms with van der Waals surface area (Å²) in [5.74, 6) is 1.28. The van der Waals surface area contributed by atoms with Crippen molar-refractivity contribution in [2.24, 2.45) is 11.8 Å². The minimum absolute atomic E-state index is 0.235. The Morgan fingerprint density at radius 1 is 1.10 bits per heavy atom. The lowest BCUT2D eigenvalue weighted by molar-refractivity contribution is -0.0253. The molecule has 0 aromatic heterocycles. The van der Waals surface area contributed by atoms with Gasteiger partial charge in [-0.25, -0.2) is 0 Å². The lowest BCUT2D eigenvalue weighted by Gasteiger charge is -2.32. The van der Waals surface area contributed by atoms with Crippen LogP contribution in [0, 0.1) is 11.8 Å². The highest BCUT2D eigenvalue weighted by Gasteiger charge is 2.26. The molecule has 0 saturated heterocycles. The monoisotopic (exact) mass is 289 g/mol. The van der Waals surface area contributed by atoms with E-state index in [4.69, 9.17) is 4.74 Å². The highest BCUT2D eigenvalue weighted by molar-refractivity contribution is 5.20. The molecule has 1 N–H and O–H groups in total. The average molecular weight is 289 g/mol. The minimum Gasteiger partial charge on any atom is -0.376 e. The van der Waals surface area contributed by atoms with Gasteiger partial charge in [0.25, 0.3) is 0 Å². The van der Waals surface area contributed by atoms with Gasteiger partial charge in [-0.1, -0.05) is 63.4 Å². The van der Waals surface area contributed by atoms with E-state index in [1.54, 1.807) is 0 Å². The Labute approximate surface area is 130 Å². The topological polar surface area (TPSA) is 21.3 Å². The van der Waals surface area contributed by atoms with Crippen LogP contribution in [0.1, 0.15) is 57.6 Å². The van der Waals surface area contributed by atoms with Crippen LogP contribution in [0.5, 0.6) is 0 Å². The Hall–Kier alpha value is -0.860. The molecule has 1 fully saturated rings. The molecule has 0 heterocycles. The van der Waals surface area contributed by atoms with Crippen LogP contribution < -0.4 is 5.32 Å². The first-order valence-corrected chi connectivity index (χ1v) is 8.56. The number of hydrogen-bond donors (Lipinski definition) is 1.